The highest BCUT2D eigenvalue weighted by Crippen LogP contribution is 2.35. The molecule has 5 nitrogen and oxygen atoms in total. The number of benzene rings is 1. The van der Waals surface area contributed by atoms with Crippen molar-refractivity contribution in [1.82, 2.24) is 0 Å². The van der Waals surface area contributed by atoms with E-state index in [9.17, 15) is 19.9 Å². The Bertz CT molecular complexity index is 818. The topological polar surface area (TPSA) is 81.3 Å². The fraction of sp³-hybridized carbons (Fsp3) is 0.278. The molecule has 3 rings (SSSR count). The summed E-state index contributed by atoms with van der Waals surface area (Å²) in [7, 11) is 0. The second kappa shape index (κ2) is 5.83. The molecule has 1 fully saturated rings. The van der Waals surface area contributed by atoms with Gasteiger partial charge in [0.2, 0.25) is 5.52 Å². The monoisotopic (exact) mass is 311 g/mol. The second-order valence-corrected chi connectivity index (χ2v) is 5.74. The molecule has 0 aliphatic heterocycles. The first-order valence-electron chi connectivity index (χ1n) is 7.62. The first-order valence-corrected chi connectivity index (χ1v) is 7.62. The van der Waals surface area contributed by atoms with Crippen LogP contribution < -0.4 is 4.73 Å². The Morgan fingerprint density at radius 2 is 1.87 bits per heavy atom. The molecule has 1 saturated carbocycles. The van der Waals surface area contributed by atoms with Crippen LogP contribution in [0.1, 0.15) is 37.7 Å². The van der Waals surface area contributed by atoms with Gasteiger partial charge in [-0.15, -0.1) is 0 Å². The van der Waals surface area contributed by atoms with E-state index in [1.54, 1.807) is 25.1 Å². The number of allylic oxidation sites excluding steroid dienone is 2. The molecule has 1 aromatic carbocycles. The van der Waals surface area contributed by atoms with Gasteiger partial charge in [0.05, 0.1) is 11.0 Å². The maximum Gasteiger partial charge on any atom is 0.224 e. The fourth-order valence-electron chi connectivity index (χ4n) is 3.18. The van der Waals surface area contributed by atoms with Crippen LogP contribution in [0.3, 0.4) is 0 Å². The molecule has 1 aliphatic carbocycles. The summed E-state index contributed by atoms with van der Waals surface area (Å²) in [4.78, 5) is 24.6. The van der Waals surface area contributed by atoms with Crippen LogP contribution >= 0.6 is 0 Å². The summed E-state index contributed by atoms with van der Waals surface area (Å²) < 4.78 is 0.777. The first kappa shape index (κ1) is 15.2. The summed E-state index contributed by atoms with van der Waals surface area (Å²) in [6.07, 6.45) is 2.00. The second-order valence-electron chi connectivity index (χ2n) is 5.74. The third kappa shape index (κ3) is 2.59. The van der Waals surface area contributed by atoms with Crippen molar-refractivity contribution in [2.24, 2.45) is 0 Å². The third-order valence-electron chi connectivity index (χ3n) is 4.33. The van der Waals surface area contributed by atoms with E-state index in [4.69, 9.17) is 0 Å². The Hall–Kier alpha value is -2.69. The SMILES string of the molecule is CCC(O)=C1C(=O)CC(c2cc[n+]([O-])c3ccccc23)CC1=O. The summed E-state index contributed by atoms with van der Waals surface area (Å²) in [6.45, 7) is 1.70. The van der Waals surface area contributed by atoms with E-state index in [2.05, 4.69) is 0 Å². The van der Waals surface area contributed by atoms with Crippen LogP contribution in [0.15, 0.2) is 47.9 Å². The van der Waals surface area contributed by atoms with Crippen molar-refractivity contribution in [2.75, 3.05) is 0 Å². The normalized spacial score (nSPS) is 18.5. The number of aromatic nitrogens is 1. The number of hydrogen-bond acceptors (Lipinski definition) is 4. The average molecular weight is 311 g/mol. The zero-order chi connectivity index (χ0) is 16.6. The molecule has 1 aromatic heterocycles. The molecule has 0 saturated heterocycles. The van der Waals surface area contributed by atoms with Gasteiger partial charge in [0, 0.05) is 31.4 Å². The van der Waals surface area contributed by atoms with E-state index in [0.29, 0.717) is 5.52 Å². The Kier molecular flexibility index (Phi) is 3.86. The molecule has 0 amide bonds. The lowest BCUT2D eigenvalue weighted by Crippen LogP contribution is -2.29. The number of aliphatic hydroxyl groups excluding tert-OH is 1. The zero-order valence-electron chi connectivity index (χ0n) is 12.8. The van der Waals surface area contributed by atoms with Crippen LogP contribution in [-0.4, -0.2) is 16.7 Å². The number of carbonyl (C=O) groups excluding carboxylic acids is 2. The van der Waals surface area contributed by atoms with Gasteiger partial charge in [-0.1, -0.05) is 19.1 Å². The minimum absolute atomic E-state index is 0.0529. The molecule has 0 unspecified atom stereocenters. The van der Waals surface area contributed by atoms with Crippen LogP contribution in [0.4, 0.5) is 0 Å². The van der Waals surface area contributed by atoms with Crippen molar-refractivity contribution in [3.63, 3.8) is 0 Å². The number of carbonyl (C=O) groups is 2. The van der Waals surface area contributed by atoms with Gasteiger partial charge in [-0.2, -0.15) is 4.73 Å². The Balaban J connectivity index is 2.04. The van der Waals surface area contributed by atoms with Crippen molar-refractivity contribution < 1.29 is 19.4 Å². The van der Waals surface area contributed by atoms with E-state index in [-0.39, 0.29) is 48.1 Å². The van der Waals surface area contributed by atoms with Gasteiger partial charge < -0.3 is 10.3 Å². The van der Waals surface area contributed by atoms with Crippen molar-refractivity contribution >= 4 is 22.5 Å². The molecule has 23 heavy (non-hydrogen) atoms. The van der Waals surface area contributed by atoms with Crippen molar-refractivity contribution in [1.29, 1.82) is 0 Å². The van der Waals surface area contributed by atoms with Crippen LogP contribution in [0.2, 0.25) is 0 Å². The minimum atomic E-state index is -0.325. The fourth-order valence-corrected chi connectivity index (χ4v) is 3.18. The molecule has 1 N–H and O–H groups in total. The predicted octanol–water partition coefficient (Wildman–Crippen LogP) is 2.71. The molecule has 118 valence electrons. The van der Waals surface area contributed by atoms with Gasteiger partial charge in [-0.3, -0.25) is 9.59 Å². The quantitative estimate of drug-likeness (QED) is 0.304. The first-order chi connectivity index (χ1) is 11.0. The Morgan fingerprint density at radius 3 is 2.52 bits per heavy atom. The van der Waals surface area contributed by atoms with Gasteiger partial charge in [-0.05, 0) is 17.5 Å². The van der Waals surface area contributed by atoms with Gasteiger partial charge in [0.1, 0.15) is 5.76 Å². The molecule has 0 bridgehead atoms. The molecule has 5 heteroatoms. The molecule has 0 spiro atoms. The lowest BCUT2D eigenvalue weighted by Gasteiger charge is -2.23. The highest BCUT2D eigenvalue weighted by molar-refractivity contribution is 6.22. The molecule has 1 aliphatic rings. The van der Waals surface area contributed by atoms with Gasteiger partial charge in [0.15, 0.2) is 17.8 Å². The summed E-state index contributed by atoms with van der Waals surface area (Å²) in [6, 6.07) is 8.81. The van der Waals surface area contributed by atoms with Crippen LogP contribution in [-0.2, 0) is 9.59 Å². The Labute approximate surface area is 133 Å². The molecule has 0 atom stereocenters. The third-order valence-corrected chi connectivity index (χ3v) is 4.33. The largest absolute Gasteiger partial charge is 0.618 e. The number of nitrogens with zero attached hydrogens (tertiary/aromatic N) is 1. The molecular weight excluding hydrogens is 294 g/mol. The minimum Gasteiger partial charge on any atom is -0.618 e. The molecule has 0 radical (unpaired) electrons. The predicted molar refractivity (Wildman–Crippen MR) is 84.8 cm³/mol. The van der Waals surface area contributed by atoms with Crippen LogP contribution in [0.25, 0.3) is 10.9 Å². The maximum atomic E-state index is 12.3. The summed E-state index contributed by atoms with van der Waals surface area (Å²) in [5.41, 5.74) is 1.29. The number of para-hydroxylation sites is 1. The summed E-state index contributed by atoms with van der Waals surface area (Å²) >= 11 is 0. The average Bonchev–Trinajstić information content (AvgIpc) is 2.54. The van der Waals surface area contributed by atoms with E-state index >= 15 is 0 Å². The van der Waals surface area contributed by atoms with Crippen molar-refractivity contribution in [3.8, 4) is 0 Å². The Morgan fingerprint density at radius 1 is 1.22 bits per heavy atom. The standard InChI is InChI=1S/C18H17NO4/c1-2-15(20)18-16(21)9-11(10-17(18)22)12-7-8-19(23)14-6-4-3-5-13(12)14/h3-8,11,20H,2,9-10H2,1H3. The van der Waals surface area contributed by atoms with E-state index in [1.807, 2.05) is 12.1 Å². The zero-order valence-corrected chi connectivity index (χ0v) is 12.8. The number of pyridine rings is 1. The maximum absolute atomic E-state index is 12.3. The van der Waals surface area contributed by atoms with E-state index in [1.165, 1.54) is 6.20 Å². The van der Waals surface area contributed by atoms with Crippen LogP contribution in [0.5, 0.6) is 0 Å². The van der Waals surface area contributed by atoms with E-state index < -0.39 is 0 Å². The van der Waals surface area contributed by atoms with Crippen LogP contribution in [0, 0.1) is 5.21 Å². The van der Waals surface area contributed by atoms with Gasteiger partial charge >= 0.3 is 0 Å². The number of ketones is 2. The lowest BCUT2D eigenvalue weighted by molar-refractivity contribution is -0.577. The van der Waals surface area contributed by atoms with Crippen molar-refractivity contribution in [2.45, 2.75) is 32.1 Å². The lowest BCUT2D eigenvalue weighted by atomic mass is 9.78. The number of fused-ring (bicyclic) bond motifs is 1. The molecule has 2 aromatic rings. The van der Waals surface area contributed by atoms with Crippen molar-refractivity contribution in [3.05, 3.63) is 58.6 Å². The molecular formula is C18H17NO4. The van der Waals surface area contributed by atoms with Gasteiger partial charge in [0.25, 0.3) is 0 Å². The highest BCUT2D eigenvalue weighted by atomic mass is 16.5. The van der Waals surface area contributed by atoms with E-state index in [0.717, 1.165) is 15.7 Å². The smallest absolute Gasteiger partial charge is 0.224 e. The van der Waals surface area contributed by atoms with Gasteiger partial charge in [-0.25, -0.2) is 0 Å². The number of hydrogen-bond donors (Lipinski definition) is 1. The summed E-state index contributed by atoms with van der Waals surface area (Å²) in [5.74, 6) is -1.05. The number of Topliss-reactive ketones (excluding diaryl/α,β-unsaturated/α-hetero) is 2. The summed E-state index contributed by atoms with van der Waals surface area (Å²) in [5, 5.41) is 22.4. The number of rotatable bonds is 2. The number of aliphatic hydroxyl groups is 1. The highest BCUT2D eigenvalue weighted by Gasteiger charge is 2.34. The molecule has 1 heterocycles.